The smallest absolute Gasteiger partial charge is 0.189 e. The number of pyridine rings is 1. The van der Waals surface area contributed by atoms with Gasteiger partial charge in [-0.1, -0.05) is 11.2 Å². The summed E-state index contributed by atoms with van der Waals surface area (Å²) < 4.78 is 5.12. The first-order valence-corrected chi connectivity index (χ1v) is 5.34. The first-order chi connectivity index (χ1) is 8.19. The summed E-state index contributed by atoms with van der Waals surface area (Å²) in [6, 6.07) is 3.69. The lowest BCUT2D eigenvalue weighted by Crippen LogP contribution is -2.27. The van der Waals surface area contributed by atoms with Gasteiger partial charge in [0, 0.05) is 26.4 Å². The molecule has 0 spiro atoms. The van der Waals surface area contributed by atoms with Crippen molar-refractivity contribution < 1.29 is 9.94 Å². The number of methoxy groups -OCH3 is 1. The van der Waals surface area contributed by atoms with Gasteiger partial charge in [0.2, 0.25) is 0 Å². The van der Waals surface area contributed by atoms with Crippen LogP contribution in [0.2, 0.25) is 0 Å². The van der Waals surface area contributed by atoms with Crippen molar-refractivity contribution in [3.05, 3.63) is 29.6 Å². The average molecular weight is 238 g/mol. The van der Waals surface area contributed by atoms with Crippen molar-refractivity contribution in [2.45, 2.75) is 19.6 Å². The van der Waals surface area contributed by atoms with E-state index in [2.05, 4.69) is 15.5 Å². The van der Waals surface area contributed by atoms with Crippen molar-refractivity contribution in [3.63, 3.8) is 0 Å². The molecule has 0 radical (unpaired) electrons. The maximum Gasteiger partial charge on any atom is 0.189 e. The van der Waals surface area contributed by atoms with Gasteiger partial charge in [0.05, 0.1) is 6.10 Å². The molecule has 4 N–H and O–H groups in total. The zero-order chi connectivity index (χ0) is 12.7. The normalized spacial score (nSPS) is 13.6. The van der Waals surface area contributed by atoms with Crippen LogP contribution in [-0.4, -0.2) is 35.8 Å². The third-order valence-electron chi connectivity index (χ3n) is 2.39. The minimum absolute atomic E-state index is 0.0159. The summed E-state index contributed by atoms with van der Waals surface area (Å²) in [4.78, 5) is 4.08. The molecule has 17 heavy (non-hydrogen) atoms. The fraction of sp³-hybridized carbons (Fsp3) is 0.455. The lowest BCUT2D eigenvalue weighted by molar-refractivity contribution is 0.117. The third kappa shape index (κ3) is 4.01. The molecule has 1 atom stereocenters. The van der Waals surface area contributed by atoms with Gasteiger partial charge in [-0.3, -0.25) is 4.98 Å². The number of amidine groups is 1. The Labute approximate surface area is 100 Å². The molecule has 0 aliphatic heterocycles. The topological polar surface area (TPSA) is 92.8 Å². The molecule has 0 aromatic carbocycles. The summed E-state index contributed by atoms with van der Waals surface area (Å²) >= 11 is 0. The Morgan fingerprint density at radius 2 is 2.47 bits per heavy atom. The number of nitrogens with one attached hydrogen (secondary N) is 1. The Balaban J connectivity index is 2.64. The lowest BCUT2D eigenvalue weighted by atomic mass is 10.2. The van der Waals surface area contributed by atoms with Gasteiger partial charge in [-0.2, -0.15) is 0 Å². The molecule has 0 saturated heterocycles. The largest absolute Gasteiger partial charge is 0.409 e. The molecular weight excluding hydrogens is 220 g/mol. The SMILES string of the molecule is COC(C)CNCc1cccnc1/C(N)=N/O. The molecule has 0 aliphatic carbocycles. The highest BCUT2D eigenvalue weighted by Crippen LogP contribution is 2.04. The second kappa shape index (κ2) is 6.82. The number of hydrogen-bond donors (Lipinski definition) is 3. The highest BCUT2D eigenvalue weighted by molar-refractivity contribution is 5.96. The van der Waals surface area contributed by atoms with Crippen LogP contribution in [0.25, 0.3) is 0 Å². The monoisotopic (exact) mass is 238 g/mol. The molecule has 0 saturated carbocycles. The summed E-state index contributed by atoms with van der Waals surface area (Å²) in [6.07, 6.45) is 1.74. The Bertz CT molecular complexity index is 381. The molecule has 6 nitrogen and oxygen atoms in total. The van der Waals surface area contributed by atoms with Gasteiger partial charge in [-0.15, -0.1) is 0 Å². The predicted molar refractivity (Wildman–Crippen MR) is 64.9 cm³/mol. The van der Waals surface area contributed by atoms with Gasteiger partial charge >= 0.3 is 0 Å². The number of nitrogens with two attached hydrogens (primary N) is 1. The molecule has 0 amide bonds. The van der Waals surface area contributed by atoms with Gasteiger partial charge in [0.15, 0.2) is 5.84 Å². The van der Waals surface area contributed by atoms with Crippen LogP contribution >= 0.6 is 0 Å². The maximum absolute atomic E-state index is 8.65. The highest BCUT2D eigenvalue weighted by Gasteiger charge is 2.08. The molecule has 1 heterocycles. The van der Waals surface area contributed by atoms with Crippen LogP contribution in [0.15, 0.2) is 23.5 Å². The van der Waals surface area contributed by atoms with Crippen LogP contribution < -0.4 is 11.1 Å². The summed E-state index contributed by atoms with van der Waals surface area (Å²) in [6.45, 7) is 3.29. The first-order valence-electron chi connectivity index (χ1n) is 5.34. The molecule has 0 aliphatic rings. The van der Waals surface area contributed by atoms with Crippen LogP contribution in [0.4, 0.5) is 0 Å². The molecule has 6 heteroatoms. The Kier molecular flexibility index (Phi) is 5.38. The van der Waals surface area contributed by atoms with Crippen LogP contribution in [0.1, 0.15) is 18.2 Å². The van der Waals surface area contributed by atoms with E-state index in [0.29, 0.717) is 12.2 Å². The summed E-state index contributed by atoms with van der Waals surface area (Å²) in [7, 11) is 1.66. The Morgan fingerprint density at radius 1 is 1.71 bits per heavy atom. The Morgan fingerprint density at radius 3 is 3.12 bits per heavy atom. The predicted octanol–water partition coefficient (Wildman–Crippen LogP) is 0.301. The van der Waals surface area contributed by atoms with Crippen molar-refractivity contribution in [3.8, 4) is 0 Å². The van der Waals surface area contributed by atoms with Gasteiger partial charge in [-0.25, -0.2) is 0 Å². The van der Waals surface area contributed by atoms with Crippen LogP contribution in [-0.2, 0) is 11.3 Å². The molecule has 1 rings (SSSR count). The summed E-state index contributed by atoms with van der Waals surface area (Å²) in [5, 5.41) is 14.8. The van der Waals surface area contributed by atoms with Crippen molar-refractivity contribution in [1.82, 2.24) is 10.3 Å². The molecule has 94 valence electrons. The van der Waals surface area contributed by atoms with E-state index >= 15 is 0 Å². The zero-order valence-electron chi connectivity index (χ0n) is 10.1. The number of nitrogens with zero attached hydrogens (tertiary/aromatic N) is 2. The second-order valence-electron chi connectivity index (χ2n) is 3.67. The number of ether oxygens (including phenoxy) is 1. The molecule has 0 fully saturated rings. The van der Waals surface area contributed by atoms with Crippen molar-refractivity contribution in [2.75, 3.05) is 13.7 Å². The van der Waals surface area contributed by atoms with Crippen LogP contribution in [0.3, 0.4) is 0 Å². The highest BCUT2D eigenvalue weighted by atomic mass is 16.5. The van der Waals surface area contributed by atoms with E-state index in [1.165, 1.54) is 0 Å². The standard InChI is InChI=1S/C11H18N4O2/c1-8(17-2)6-13-7-9-4-3-5-14-10(9)11(12)15-16/h3-5,8,13,16H,6-7H2,1-2H3,(H2,12,15). The fourth-order valence-electron chi connectivity index (χ4n) is 1.35. The van der Waals surface area contributed by atoms with E-state index in [9.17, 15) is 0 Å². The van der Waals surface area contributed by atoms with Gasteiger partial charge in [-0.05, 0) is 18.6 Å². The molecule has 1 aromatic heterocycles. The number of hydrogen-bond acceptors (Lipinski definition) is 5. The lowest BCUT2D eigenvalue weighted by Gasteiger charge is -2.12. The van der Waals surface area contributed by atoms with Crippen molar-refractivity contribution in [1.29, 1.82) is 0 Å². The van der Waals surface area contributed by atoms with Gasteiger partial charge < -0.3 is 21.0 Å². The van der Waals surface area contributed by atoms with Gasteiger partial charge in [0.1, 0.15) is 5.69 Å². The maximum atomic E-state index is 8.65. The number of rotatable bonds is 6. The van der Waals surface area contributed by atoms with Crippen LogP contribution in [0, 0.1) is 0 Å². The average Bonchev–Trinajstić information content (AvgIpc) is 2.38. The molecule has 1 aromatic rings. The summed E-state index contributed by atoms with van der Waals surface area (Å²) in [5.74, 6) is 0.0159. The summed E-state index contributed by atoms with van der Waals surface area (Å²) in [5.41, 5.74) is 6.91. The number of aromatic nitrogens is 1. The molecule has 1 unspecified atom stereocenters. The van der Waals surface area contributed by atoms with E-state index in [-0.39, 0.29) is 11.9 Å². The zero-order valence-corrected chi connectivity index (χ0v) is 10.1. The fourth-order valence-corrected chi connectivity index (χ4v) is 1.35. The van der Waals surface area contributed by atoms with Gasteiger partial charge in [0.25, 0.3) is 0 Å². The molecular formula is C11H18N4O2. The quantitative estimate of drug-likeness (QED) is 0.287. The molecule has 0 bridgehead atoms. The van der Waals surface area contributed by atoms with E-state index < -0.39 is 0 Å². The first kappa shape index (κ1) is 13.4. The Hall–Kier alpha value is -1.66. The third-order valence-corrected chi connectivity index (χ3v) is 2.39. The van der Waals surface area contributed by atoms with E-state index in [1.807, 2.05) is 19.1 Å². The van der Waals surface area contributed by atoms with Crippen molar-refractivity contribution >= 4 is 5.84 Å². The van der Waals surface area contributed by atoms with Crippen LogP contribution in [0.5, 0.6) is 0 Å². The number of oxime groups is 1. The second-order valence-corrected chi connectivity index (χ2v) is 3.67. The minimum Gasteiger partial charge on any atom is -0.409 e. The van der Waals surface area contributed by atoms with E-state index in [1.54, 1.807) is 13.3 Å². The minimum atomic E-state index is 0.0159. The van der Waals surface area contributed by atoms with E-state index in [4.69, 9.17) is 15.7 Å². The van der Waals surface area contributed by atoms with Crippen molar-refractivity contribution in [2.24, 2.45) is 10.9 Å². The van der Waals surface area contributed by atoms with E-state index in [0.717, 1.165) is 12.1 Å².